The van der Waals surface area contributed by atoms with E-state index in [-0.39, 0.29) is 0 Å². The van der Waals surface area contributed by atoms with E-state index in [1.54, 1.807) is 7.11 Å². The van der Waals surface area contributed by atoms with Crippen LogP contribution in [0.3, 0.4) is 0 Å². The van der Waals surface area contributed by atoms with Crippen LogP contribution in [0.15, 0.2) is 42.8 Å². The monoisotopic (exact) mass is 164 g/mol. The second kappa shape index (κ2) is 4.28. The van der Waals surface area contributed by atoms with E-state index in [1.165, 1.54) is 0 Å². The molecular weight excluding hydrogens is 152 g/mol. The molecule has 0 saturated heterocycles. The lowest BCUT2D eigenvalue weighted by Gasteiger charge is -2.09. The summed E-state index contributed by atoms with van der Waals surface area (Å²) in [5.41, 5.74) is 6.67. The largest absolute Gasteiger partial charge is 0.482 e. The summed E-state index contributed by atoms with van der Waals surface area (Å²) in [5, 5.41) is 0. The van der Waals surface area contributed by atoms with Crippen LogP contribution in [0, 0.1) is 0 Å². The van der Waals surface area contributed by atoms with Gasteiger partial charge in [-0.3, -0.25) is 10.9 Å². The summed E-state index contributed by atoms with van der Waals surface area (Å²) >= 11 is 0. The van der Waals surface area contributed by atoms with Gasteiger partial charge in [0.25, 0.3) is 0 Å². The molecule has 12 heavy (non-hydrogen) atoms. The Hall–Kier alpha value is -1.64. The van der Waals surface area contributed by atoms with Crippen molar-refractivity contribution < 1.29 is 4.74 Å². The van der Waals surface area contributed by atoms with Crippen molar-refractivity contribution in [3.8, 4) is 0 Å². The Balaban J connectivity index is 2.38. The van der Waals surface area contributed by atoms with E-state index >= 15 is 0 Å². The summed E-state index contributed by atoms with van der Waals surface area (Å²) in [5.74, 6) is 0.485. The smallest absolute Gasteiger partial charge is 0.197 e. The Kier molecular flexibility index (Phi) is 3.02. The fourth-order valence-corrected chi connectivity index (χ4v) is 0.714. The lowest BCUT2D eigenvalue weighted by atomic mass is 10.3. The third-order valence-corrected chi connectivity index (χ3v) is 1.37. The summed E-state index contributed by atoms with van der Waals surface area (Å²) in [7, 11) is 1.56. The summed E-state index contributed by atoms with van der Waals surface area (Å²) in [4.78, 5) is 0. The van der Waals surface area contributed by atoms with E-state index in [2.05, 4.69) is 17.4 Å². The van der Waals surface area contributed by atoms with Gasteiger partial charge >= 0.3 is 0 Å². The molecule has 0 fully saturated rings. The fraction of sp³-hybridized carbons (Fsp3) is 0.111. The third-order valence-electron chi connectivity index (χ3n) is 1.37. The zero-order valence-electron chi connectivity index (χ0n) is 7.00. The number of hydrogen-bond acceptors (Lipinski definition) is 3. The minimum absolute atomic E-state index is 0.485. The molecule has 0 aliphatic rings. The third kappa shape index (κ3) is 2.54. The molecule has 0 bridgehead atoms. The van der Waals surface area contributed by atoms with Gasteiger partial charge in [-0.15, -0.1) is 0 Å². The van der Waals surface area contributed by atoms with Crippen molar-refractivity contribution in [3.63, 3.8) is 0 Å². The highest BCUT2D eigenvalue weighted by molar-refractivity contribution is 5.41. The van der Waals surface area contributed by atoms with Crippen LogP contribution < -0.4 is 10.9 Å². The zero-order valence-corrected chi connectivity index (χ0v) is 7.00. The number of hydrazine groups is 1. The van der Waals surface area contributed by atoms with Crippen molar-refractivity contribution in [1.82, 2.24) is 5.43 Å². The van der Waals surface area contributed by atoms with Gasteiger partial charge in [0.1, 0.15) is 0 Å². The standard InChI is InChI=1S/C9H12N2O/c1-8(12-2)10-11-9-6-4-3-5-7-9/h3-7,10-11H,1H2,2H3. The lowest BCUT2D eigenvalue weighted by molar-refractivity contribution is 0.270. The maximum absolute atomic E-state index is 4.80. The molecule has 0 unspecified atom stereocenters. The molecule has 0 radical (unpaired) electrons. The van der Waals surface area contributed by atoms with E-state index in [9.17, 15) is 0 Å². The van der Waals surface area contributed by atoms with Crippen LogP contribution in [0.4, 0.5) is 5.69 Å². The molecule has 0 heterocycles. The predicted octanol–water partition coefficient (Wildman–Crippen LogP) is 1.72. The Bertz CT molecular complexity index is 246. The number of nitrogens with one attached hydrogen (secondary N) is 2. The number of benzene rings is 1. The molecule has 1 aromatic carbocycles. The maximum atomic E-state index is 4.80. The van der Waals surface area contributed by atoms with Crippen molar-refractivity contribution >= 4 is 5.69 Å². The van der Waals surface area contributed by atoms with Crippen LogP contribution in [-0.2, 0) is 4.74 Å². The fourth-order valence-electron chi connectivity index (χ4n) is 0.714. The lowest BCUT2D eigenvalue weighted by Crippen LogP contribution is -2.20. The second-order valence-corrected chi connectivity index (χ2v) is 2.24. The van der Waals surface area contributed by atoms with Gasteiger partial charge in [0.05, 0.1) is 12.8 Å². The normalized spacial score (nSPS) is 8.75. The first-order chi connectivity index (χ1) is 5.83. The zero-order chi connectivity index (χ0) is 8.81. The number of rotatable bonds is 4. The van der Waals surface area contributed by atoms with E-state index in [0.29, 0.717) is 5.88 Å². The molecule has 2 N–H and O–H groups in total. The molecule has 64 valence electrons. The van der Waals surface area contributed by atoms with Crippen LogP contribution in [0.2, 0.25) is 0 Å². The summed E-state index contributed by atoms with van der Waals surface area (Å²) < 4.78 is 4.80. The van der Waals surface area contributed by atoms with E-state index in [0.717, 1.165) is 5.69 Å². The van der Waals surface area contributed by atoms with Gasteiger partial charge in [-0.25, -0.2) is 0 Å². The molecule has 0 saturated carbocycles. The van der Waals surface area contributed by atoms with Gasteiger partial charge in [0, 0.05) is 0 Å². The molecule has 1 rings (SSSR count). The Labute approximate surface area is 72.0 Å². The number of hydrogen-bond donors (Lipinski definition) is 2. The van der Waals surface area contributed by atoms with Gasteiger partial charge in [-0.2, -0.15) is 0 Å². The molecule has 0 amide bonds. The van der Waals surface area contributed by atoms with Gasteiger partial charge in [-0.05, 0) is 18.7 Å². The molecule has 1 aromatic rings. The SMILES string of the molecule is C=C(NNc1ccccc1)OC. The predicted molar refractivity (Wildman–Crippen MR) is 49.3 cm³/mol. The van der Waals surface area contributed by atoms with E-state index < -0.39 is 0 Å². The molecule has 0 spiro atoms. The first-order valence-electron chi connectivity index (χ1n) is 3.63. The molecule has 0 aromatic heterocycles. The van der Waals surface area contributed by atoms with Crippen LogP contribution in [0.25, 0.3) is 0 Å². The van der Waals surface area contributed by atoms with Crippen LogP contribution >= 0.6 is 0 Å². The van der Waals surface area contributed by atoms with Crippen LogP contribution in [0.1, 0.15) is 0 Å². The maximum Gasteiger partial charge on any atom is 0.197 e. The van der Waals surface area contributed by atoms with Gasteiger partial charge in [0.15, 0.2) is 5.88 Å². The van der Waals surface area contributed by atoms with Crippen LogP contribution in [0.5, 0.6) is 0 Å². The molecule has 0 aliphatic heterocycles. The molecule has 0 aliphatic carbocycles. The quantitative estimate of drug-likeness (QED) is 0.525. The summed E-state index contributed by atoms with van der Waals surface area (Å²) in [6.07, 6.45) is 0. The van der Waals surface area contributed by atoms with Gasteiger partial charge in [-0.1, -0.05) is 18.2 Å². The first-order valence-corrected chi connectivity index (χ1v) is 3.63. The second-order valence-electron chi connectivity index (χ2n) is 2.24. The van der Waals surface area contributed by atoms with Crippen molar-refractivity contribution in [1.29, 1.82) is 0 Å². The number of ether oxygens (including phenoxy) is 1. The van der Waals surface area contributed by atoms with Gasteiger partial charge < -0.3 is 4.74 Å². The average Bonchev–Trinajstić information content (AvgIpc) is 2.16. The highest BCUT2D eigenvalue weighted by Crippen LogP contribution is 2.02. The summed E-state index contributed by atoms with van der Waals surface area (Å²) in [6.45, 7) is 3.59. The highest BCUT2D eigenvalue weighted by atomic mass is 16.5. The Morgan fingerprint density at radius 2 is 2.00 bits per heavy atom. The van der Waals surface area contributed by atoms with Crippen molar-refractivity contribution in [3.05, 3.63) is 42.8 Å². The minimum atomic E-state index is 0.485. The minimum Gasteiger partial charge on any atom is -0.482 e. The number of para-hydroxylation sites is 1. The molecule has 0 atom stereocenters. The molecular formula is C9H12N2O. The average molecular weight is 164 g/mol. The van der Waals surface area contributed by atoms with Crippen molar-refractivity contribution in [2.45, 2.75) is 0 Å². The molecule has 3 nitrogen and oxygen atoms in total. The highest BCUT2D eigenvalue weighted by Gasteiger charge is 1.88. The van der Waals surface area contributed by atoms with Crippen LogP contribution in [-0.4, -0.2) is 7.11 Å². The summed E-state index contributed by atoms with van der Waals surface area (Å²) in [6, 6.07) is 9.72. The topological polar surface area (TPSA) is 33.3 Å². The number of methoxy groups -OCH3 is 1. The molecule has 3 heteroatoms. The van der Waals surface area contributed by atoms with Crippen molar-refractivity contribution in [2.75, 3.05) is 12.5 Å². The number of anilines is 1. The first kappa shape index (κ1) is 8.46. The van der Waals surface area contributed by atoms with E-state index in [4.69, 9.17) is 4.74 Å². The van der Waals surface area contributed by atoms with Crippen molar-refractivity contribution in [2.24, 2.45) is 0 Å². The van der Waals surface area contributed by atoms with Gasteiger partial charge in [0.2, 0.25) is 0 Å². The Morgan fingerprint density at radius 1 is 1.33 bits per heavy atom. The van der Waals surface area contributed by atoms with E-state index in [1.807, 2.05) is 30.3 Å². The Morgan fingerprint density at radius 3 is 2.58 bits per heavy atom.